The molecule has 4 nitrogen and oxygen atoms in total. The Bertz CT molecular complexity index is 217. The van der Waals surface area contributed by atoms with Gasteiger partial charge in [-0.15, -0.1) is 0 Å². The van der Waals surface area contributed by atoms with Crippen LogP contribution in [-0.4, -0.2) is 43.4 Å². The van der Waals surface area contributed by atoms with Gasteiger partial charge in [-0.1, -0.05) is 0 Å². The number of ketones is 1. The minimum Gasteiger partial charge on any atom is -0.468 e. The number of hydrogen-bond donors (Lipinski definition) is 0. The number of hydrogen-bond acceptors (Lipinski definition) is 4. The topological polar surface area (TPSA) is 46.6 Å². The van der Waals surface area contributed by atoms with Crippen molar-refractivity contribution >= 4 is 11.8 Å². The number of likely N-dealkylation sites (N-methyl/N-ethyl adjacent to an activating group) is 1. The van der Waals surface area contributed by atoms with Gasteiger partial charge in [0.15, 0.2) is 0 Å². The third-order valence-electron chi connectivity index (χ3n) is 2.74. The first-order valence-corrected chi connectivity index (χ1v) is 4.92. The molecule has 0 heterocycles. The van der Waals surface area contributed by atoms with Crippen molar-refractivity contribution in [3.05, 3.63) is 0 Å². The molecule has 0 aromatic rings. The molecule has 0 N–H and O–H groups in total. The quantitative estimate of drug-likeness (QED) is 0.624. The van der Waals surface area contributed by atoms with E-state index in [1.54, 1.807) is 0 Å². The molecule has 0 amide bonds. The predicted octanol–water partition coefficient (Wildman–Crippen LogP) is 0.603. The van der Waals surface area contributed by atoms with E-state index in [4.69, 9.17) is 0 Å². The molecule has 1 fully saturated rings. The number of methoxy groups -OCH3 is 1. The zero-order valence-electron chi connectivity index (χ0n) is 8.78. The van der Waals surface area contributed by atoms with Gasteiger partial charge in [0.2, 0.25) is 0 Å². The van der Waals surface area contributed by atoms with E-state index in [1.807, 2.05) is 11.9 Å². The molecule has 1 saturated carbocycles. The smallest absolute Gasteiger partial charge is 0.319 e. The van der Waals surface area contributed by atoms with Crippen LogP contribution in [0.1, 0.15) is 25.7 Å². The van der Waals surface area contributed by atoms with Gasteiger partial charge in [0.25, 0.3) is 0 Å². The molecule has 0 saturated heterocycles. The Hall–Kier alpha value is -0.900. The number of Topliss-reactive ketones (excluding diaryl/α,β-unsaturated/α-hetero) is 1. The van der Waals surface area contributed by atoms with Gasteiger partial charge in [-0.05, 0) is 19.9 Å². The molecular weight excluding hydrogens is 182 g/mol. The molecule has 0 unspecified atom stereocenters. The lowest BCUT2D eigenvalue weighted by Gasteiger charge is -2.29. The van der Waals surface area contributed by atoms with E-state index in [0.717, 1.165) is 12.8 Å². The molecule has 0 bridgehead atoms. The average Bonchev–Trinajstić information content (AvgIpc) is 2.18. The summed E-state index contributed by atoms with van der Waals surface area (Å²) in [6, 6.07) is 0.354. The lowest BCUT2D eigenvalue weighted by Crippen LogP contribution is -2.38. The van der Waals surface area contributed by atoms with Gasteiger partial charge >= 0.3 is 5.97 Å². The summed E-state index contributed by atoms with van der Waals surface area (Å²) in [7, 11) is 3.29. The standard InChI is InChI=1S/C10H17NO3/c1-11(7-10(13)14-2)8-3-5-9(12)6-4-8/h8H,3-7H2,1-2H3. The molecule has 1 aliphatic carbocycles. The summed E-state index contributed by atoms with van der Waals surface area (Å²) in [4.78, 5) is 24.0. The SMILES string of the molecule is COC(=O)CN(C)C1CCC(=O)CC1. The Kier molecular flexibility index (Phi) is 4.07. The maximum absolute atomic E-state index is 11.0. The first kappa shape index (κ1) is 11.2. The van der Waals surface area contributed by atoms with Crippen molar-refractivity contribution < 1.29 is 14.3 Å². The van der Waals surface area contributed by atoms with Crippen LogP contribution in [0.25, 0.3) is 0 Å². The lowest BCUT2D eigenvalue weighted by molar-refractivity contribution is -0.142. The van der Waals surface area contributed by atoms with Crippen LogP contribution in [0.2, 0.25) is 0 Å². The van der Waals surface area contributed by atoms with Crippen LogP contribution in [0.4, 0.5) is 0 Å². The average molecular weight is 199 g/mol. The first-order valence-electron chi connectivity index (χ1n) is 4.92. The van der Waals surface area contributed by atoms with Gasteiger partial charge in [-0.25, -0.2) is 0 Å². The molecule has 0 spiro atoms. The summed E-state index contributed by atoms with van der Waals surface area (Å²) in [6.07, 6.45) is 3.03. The highest BCUT2D eigenvalue weighted by atomic mass is 16.5. The van der Waals surface area contributed by atoms with Crippen molar-refractivity contribution in [3.8, 4) is 0 Å². The monoisotopic (exact) mass is 199 g/mol. The number of esters is 1. The van der Waals surface area contributed by atoms with E-state index in [1.165, 1.54) is 7.11 Å². The maximum atomic E-state index is 11.0. The minimum atomic E-state index is -0.218. The Morgan fingerprint density at radius 1 is 1.50 bits per heavy atom. The summed E-state index contributed by atoms with van der Waals surface area (Å²) in [5, 5.41) is 0. The number of nitrogens with zero attached hydrogens (tertiary/aromatic N) is 1. The Balaban J connectivity index is 2.33. The lowest BCUT2D eigenvalue weighted by atomic mass is 9.93. The minimum absolute atomic E-state index is 0.218. The van der Waals surface area contributed by atoms with Gasteiger partial charge in [-0.2, -0.15) is 0 Å². The van der Waals surface area contributed by atoms with Crippen LogP contribution in [-0.2, 0) is 14.3 Å². The van der Waals surface area contributed by atoms with Crippen LogP contribution in [0.15, 0.2) is 0 Å². The molecule has 0 radical (unpaired) electrons. The van der Waals surface area contributed by atoms with E-state index in [0.29, 0.717) is 31.2 Å². The van der Waals surface area contributed by atoms with Gasteiger partial charge < -0.3 is 4.74 Å². The van der Waals surface area contributed by atoms with Crippen LogP contribution in [0.5, 0.6) is 0 Å². The molecule has 1 rings (SSSR count). The Labute approximate surface area is 84.2 Å². The number of carbonyl (C=O) groups excluding carboxylic acids is 2. The first-order chi connectivity index (χ1) is 6.63. The van der Waals surface area contributed by atoms with E-state index in [2.05, 4.69) is 4.74 Å². The van der Waals surface area contributed by atoms with Gasteiger partial charge in [-0.3, -0.25) is 14.5 Å². The zero-order valence-corrected chi connectivity index (χ0v) is 8.78. The van der Waals surface area contributed by atoms with Crippen LogP contribution >= 0.6 is 0 Å². The Morgan fingerprint density at radius 3 is 2.57 bits per heavy atom. The van der Waals surface area contributed by atoms with E-state index in [9.17, 15) is 9.59 Å². The van der Waals surface area contributed by atoms with E-state index in [-0.39, 0.29) is 5.97 Å². The highest BCUT2D eigenvalue weighted by molar-refractivity contribution is 5.79. The Morgan fingerprint density at radius 2 is 2.07 bits per heavy atom. The largest absolute Gasteiger partial charge is 0.468 e. The van der Waals surface area contributed by atoms with E-state index >= 15 is 0 Å². The van der Waals surface area contributed by atoms with Gasteiger partial charge in [0.05, 0.1) is 13.7 Å². The summed E-state index contributed by atoms with van der Waals surface area (Å²) in [5.74, 6) is 0.122. The van der Waals surface area contributed by atoms with Crippen molar-refractivity contribution in [2.75, 3.05) is 20.7 Å². The maximum Gasteiger partial charge on any atom is 0.319 e. The second-order valence-corrected chi connectivity index (χ2v) is 3.76. The summed E-state index contributed by atoms with van der Waals surface area (Å²) in [6.45, 7) is 0.315. The third kappa shape index (κ3) is 3.10. The second kappa shape index (κ2) is 5.10. The summed E-state index contributed by atoms with van der Waals surface area (Å²) >= 11 is 0. The van der Waals surface area contributed by atoms with Gasteiger partial charge in [0, 0.05) is 18.9 Å². The normalized spacial score (nSPS) is 18.6. The van der Waals surface area contributed by atoms with E-state index < -0.39 is 0 Å². The fourth-order valence-electron chi connectivity index (χ4n) is 1.76. The highest BCUT2D eigenvalue weighted by Crippen LogP contribution is 2.19. The van der Waals surface area contributed by atoms with Crippen LogP contribution in [0.3, 0.4) is 0 Å². The van der Waals surface area contributed by atoms with Crippen LogP contribution < -0.4 is 0 Å². The van der Waals surface area contributed by atoms with Crippen molar-refractivity contribution in [2.24, 2.45) is 0 Å². The molecule has 80 valence electrons. The molecule has 0 aromatic heterocycles. The fourth-order valence-corrected chi connectivity index (χ4v) is 1.76. The molecule has 14 heavy (non-hydrogen) atoms. The highest BCUT2D eigenvalue weighted by Gasteiger charge is 2.23. The van der Waals surface area contributed by atoms with Crippen molar-refractivity contribution in [3.63, 3.8) is 0 Å². The van der Waals surface area contributed by atoms with Crippen molar-refractivity contribution in [1.82, 2.24) is 4.90 Å². The van der Waals surface area contributed by atoms with Gasteiger partial charge in [0.1, 0.15) is 5.78 Å². The number of ether oxygens (including phenoxy) is 1. The molecular formula is C10H17NO3. The predicted molar refractivity (Wildman–Crippen MR) is 51.9 cm³/mol. The molecule has 1 aliphatic rings. The van der Waals surface area contributed by atoms with Crippen molar-refractivity contribution in [2.45, 2.75) is 31.7 Å². The second-order valence-electron chi connectivity index (χ2n) is 3.76. The van der Waals surface area contributed by atoms with Crippen LogP contribution in [0, 0.1) is 0 Å². The number of carbonyl (C=O) groups is 2. The van der Waals surface area contributed by atoms with Crippen molar-refractivity contribution in [1.29, 1.82) is 0 Å². The molecule has 4 heteroatoms. The number of rotatable bonds is 3. The molecule has 0 atom stereocenters. The molecule has 0 aromatic carbocycles. The summed E-state index contributed by atoms with van der Waals surface area (Å²) in [5.41, 5.74) is 0. The molecule has 0 aliphatic heterocycles. The third-order valence-corrected chi connectivity index (χ3v) is 2.74. The fraction of sp³-hybridized carbons (Fsp3) is 0.800. The summed E-state index contributed by atoms with van der Waals surface area (Å²) < 4.78 is 4.59. The zero-order chi connectivity index (χ0) is 10.6.